The van der Waals surface area contributed by atoms with E-state index in [1.54, 1.807) is 6.92 Å². The molecule has 0 saturated heterocycles. The van der Waals surface area contributed by atoms with Crippen LogP contribution in [0.4, 0.5) is 0 Å². The number of nitrogens with one attached hydrogen (secondary N) is 1. The first-order chi connectivity index (χ1) is 5.13. The second-order valence-corrected chi connectivity index (χ2v) is 3.07. The van der Waals surface area contributed by atoms with Gasteiger partial charge in [-0.2, -0.15) is 0 Å². The zero-order valence-corrected chi connectivity index (χ0v) is 8.03. The molecule has 0 heterocycles. The van der Waals surface area contributed by atoms with Crippen molar-refractivity contribution in [1.82, 2.24) is 5.32 Å². The molecule has 0 aliphatic carbocycles. The largest absolute Gasteiger partial charge is 0.319 e. The molecule has 66 valence electrons. The summed E-state index contributed by atoms with van der Waals surface area (Å²) in [5.74, 6) is 0.303. The third-order valence-corrected chi connectivity index (χ3v) is 2.62. The molecule has 0 amide bonds. The molecule has 1 N–H and O–H groups in total. The Hall–Kier alpha value is -0.370. The van der Waals surface area contributed by atoms with Gasteiger partial charge in [-0.25, -0.2) is 0 Å². The lowest BCUT2D eigenvalue weighted by Gasteiger charge is -2.28. The quantitative estimate of drug-likeness (QED) is 0.656. The molecule has 0 saturated carbocycles. The number of Topliss-reactive ketones (excluding diaryl/α,β-unsaturated/α-hetero) is 1. The summed E-state index contributed by atoms with van der Waals surface area (Å²) < 4.78 is 0. The van der Waals surface area contributed by atoms with E-state index in [1.165, 1.54) is 0 Å². The van der Waals surface area contributed by atoms with Crippen LogP contribution >= 0.6 is 0 Å². The van der Waals surface area contributed by atoms with Gasteiger partial charge in [0, 0.05) is 12.0 Å². The van der Waals surface area contributed by atoms with Crippen LogP contribution in [-0.2, 0) is 4.79 Å². The Balaban J connectivity index is 4.32. The van der Waals surface area contributed by atoms with Crippen LogP contribution in [-0.4, -0.2) is 19.4 Å². The number of carbonyl (C=O) groups excluding carboxylic acids is 1. The number of hydrogen-bond acceptors (Lipinski definition) is 2. The van der Waals surface area contributed by atoms with Crippen LogP contribution in [0.15, 0.2) is 0 Å². The van der Waals surface area contributed by atoms with Gasteiger partial charge in [-0.3, -0.25) is 4.79 Å². The molecule has 0 bridgehead atoms. The van der Waals surface area contributed by atoms with E-state index in [9.17, 15) is 4.79 Å². The van der Waals surface area contributed by atoms with Crippen LogP contribution in [0.2, 0.25) is 0 Å². The Morgan fingerprint density at radius 3 is 1.91 bits per heavy atom. The summed E-state index contributed by atoms with van der Waals surface area (Å²) in [7, 11) is 1.89. The molecule has 0 aromatic carbocycles. The average molecular weight is 157 g/mol. The Morgan fingerprint density at radius 1 is 1.36 bits per heavy atom. The van der Waals surface area contributed by atoms with E-state index >= 15 is 0 Å². The van der Waals surface area contributed by atoms with E-state index in [-0.39, 0.29) is 5.41 Å². The van der Waals surface area contributed by atoms with Gasteiger partial charge in [0.2, 0.25) is 0 Å². The van der Waals surface area contributed by atoms with E-state index in [0.29, 0.717) is 5.78 Å². The second kappa shape index (κ2) is 4.50. The molecule has 2 heteroatoms. The zero-order valence-electron chi connectivity index (χ0n) is 8.03. The second-order valence-electron chi connectivity index (χ2n) is 3.07. The highest BCUT2D eigenvalue weighted by atomic mass is 16.1. The lowest BCUT2D eigenvalue weighted by Crippen LogP contribution is -2.37. The van der Waals surface area contributed by atoms with Gasteiger partial charge < -0.3 is 5.32 Å². The number of hydrogen-bond donors (Lipinski definition) is 1. The summed E-state index contributed by atoms with van der Waals surface area (Å²) in [4.78, 5) is 11.3. The molecule has 2 nitrogen and oxygen atoms in total. The molecule has 0 atom stereocenters. The van der Waals surface area contributed by atoms with Crippen molar-refractivity contribution in [3.05, 3.63) is 0 Å². The molecule has 0 aliphatic rings. The maximum atomic E-state index is 11.3. The van der Waals surface area contributed by atoms with Crippen molar-refractivity contribution >= 4 is 5.78 Å². The fourth-order valence-corrected chi connectivity index (χ4v) is 1.46. The number of rotatable bonds is 5. The molecule has 0 aromatic heterocycles. The minimum atomic E-state index is -0.116. The van der Waals surface area contributed by atoms with Crippen molar-refractivity contribution in [2.45, 2.75) is 33.6 Å². The lowest BCUT2D eigenvalue weighted by molar-refractivity contribution is -0.126. The van der Waals surface area contributed by atoms with Crippen molar-refractivity contribution in [2.24, 2.45) is 5.41 Å². The topological polar surface area (TPSA) is 29.1 Å². The maximum Gasteiger partial charge on any atom is 0.137 e. The monoisotopic (exact) mass is 157 g/mol. The summed E-state index contributed by atoms with van der Waals surface area (Å²) in [5, 5.41) is 3.07. The van der Waals surface area contributed by atoms with Gasteiger partial charge in [0.05, 0.1) is 0 Å². The Kier molecular flexibility index (Phi) is 4.34. The molecular formula is C9H19NO. The van der Waals surface area contributed by atoms with Crippen molar-refractivity contribution in [3.8, 4) is 0 Å². The Labute approximate surface area is 69.4 Å². The van der Waals surface area contributed by atoms with Gasteiger partial charge >= 0.3 is 0 Å². The average Bonchev–Trinajstić information content (AvgIpc) is 2.00. The SMILES string of the molecule is CCC(CC)(CNC)C(C)=O. The van der Waals surface area contributed by atoms with E-state index in [0.717, 1.165) is 19.4 Å². The molecule has 0 aliphatic heterocycles. The zero-order chi connectivity index (χ0) is 8.91. The lowest BCUT2D eigenvalue weighted by atomic mass is 9.79. The van der Waals surface area contributed by atoms with Gasteiger partial charge in [0.25, 0.3) is 0 Å². The molecule has 0 radical (unpaired) electrons. The smallest absolute Gasteiger partial charge is 0.137 e. The summed E-state index contributed by atoms with van der Waals surface area (Å²) >= 11 is 0. The van der Waals surface area contributed by atoms with Crippen LogP contribution in [0, 0.1) is 5.41 Å². The van der Waals surface area contributed by atoms with E-state index < -0.39 is 0 Å². The Morgan fingerprint density at radius 2 is 1.82 bits per heavy atom. The van der Waals surface area contributed by atoms with Crippen molar-refractivity contribution < 1.29 is 4.79 Å². The summed E-state index contributed by atoms with van der Waals surface area (Å²) in [6.07, 6.45) is 1.86. The third-order valence-electron chi connectivity index (χ3n) is 2.62. The normalized spacial score (nSPS) is 11.6. The standard InChI is InChI=1S/C9H19NO/c1-5-9(6-2,7-10-4)8(3)11/h10H,5-7H2,1-4H3. The molecular weight excluding hydrogens is 138 g/mol. The van der Waals surface area contributed by atoms with Crippen LogP contribution in [0.3, 0.4) is 0 Å². The maximum absolute atomic E-state index is 11.3. The summed E-state index contributed by atoms with van der Waals surface area (Å²) in [6, 6.07) is 0. The fraction of sp³-hybridized carbons (Fsp3) is 0.889. The molecule has 0 fully saturated rings. The van der Waals surface area contributed by atoms with E-state index in [1.807, 2.05) is 7.05 Å². The Bertz CT molecular complexity index is 128. The van der Waals surface area contributed by atoms with Gasteiger partial charge in [0.1, 0.15) is 5.78 Å². The van der Waals surface area contributed by atoms with Crippen molar-refractivity contribution in [2.75, 3.05) is 13.6 Å². The van der Waals surface area contributed by atoms with Crippen LogP contribution < -0.4 is 5.32 Å². The van der Waals surface area contributed by atoms with Crippen molar-refractivity contribution in [3.63, 3.8) is 0 Å². The highest BCUT2D eigenvalue weighted by Crippen LogP contribution is 2.26. The predicted molar refractivity (Wildman–Crippen MR) is 47.6 cm³/mol. The van der Waals surface area contributed by atoms with Gasteiger partial charge in [-0.15, -0.1) is 0 Å². The van der Waals surface area contributed by atoms with Gasteiger partial charge in [-0.1, -0.05) is 13.8 Å². The highest BCUT2D eigenvalue weighted by Gasteiger charge is 2.30. The molecule has 0 rings (SSSR count). The van der Waals surface area contributed by atoms with Gasteiger partial charge in [0.15, 0.2) is 0 Å². The molecule has 0 unspecified atom stereocenters. The first-order valence-electron chi connectivity index (χ1n) is 4.28. The van der Waals surface area contributed by atoms with E-state index in [4.69, 9.17) is 0 Å². The van der Waals surface area contributed by atoms with Crippen LogP contribution in [0.5, 0.6) is 0 Å². The van der Waals surface area contributed by atoms with Crippen LogP contribution in [0.25, 0.3) is 0 Å². The first kappa shape index (κ1) is 10.6. The summed E-state index contributed by atoms with van der Waals surface area (Å²) in [6.45, 7) is 6.63. The minimum absolute atomic E-state index is 0.116. The summed E-state index contributed by atoms with van der Waals surface area (Å²) in [5.41, 5.74) is -0.116. The molecule has 0 spiro atoms. The minimum Gasteiger partial charge on any atom is -0.319 e. The third kappa shape index (κ3) is 2.29. The molecule has 0 aromatic rings. The predicted octanol–water partition coefficient (Wildman–Crippen LogP) is 1.60. The number of ketones is 1. The van der Waals surface area contributed by atoms with Crippen molar-refractivity contribution in [1.29, 1.82) is 0 Å². The van der Waals surface area contributed by atoms with E-state index in [2.05, 4.69) is 19.2 Å². The van der Waals surface area contributed by atoms with Crippen LogP contribution in [0.1, 0.15) is 33.6 Å². The first-order valence-corrected chi connectivity index (χ1v) is 4.28. The van der Waals surface area contributed by atoms with Gasteiger partial charge in [-0.05, 0) is 26.8 Å². The number of carbonyl (C=O) groups is 1. The molecule has 11 heavy (non-hydrogen) atoms. The fourth-order valence-electron chi connectivity index (χ4n) is 1.46. The highest BCUT2D eigenvalue weighted by molar-refractivity contribution is 5.82.